The highest BCUT2D eigenvalue weighted by molar-refractivity contribution is 7.88. The molecular weight excluding hydrogens is 534 g/mol. The van der Waals surface area contributed by atoms with Gasteiger partial charge in [0.25, 0.3) is 11.5 Å². The van der Waals surface area contributed by atoms with Crippen molar-refractivity contribution < 1.29 is 22.7 Å². The van der Waals surface area contributed by atoms with Crippen LogP contribution in [0.4, 0.5) is 4.79 Å². The summed E-state index contributed by atoms with van der Waals surface area (Å²) in [7, 11) is -3.24. The van der Waals surface area contributed by atoms with Crippen LogP contribution >= 0.6 is 0 Å². The lowest BCUT2D eigenvalue weighted by Gasteiger charge is -2.55. The van der Waals surface area contributed by atoms with Crippen LogP contribution in [0.25, 0.3) is 10.9 Å². The second kappa shape index (κ2) is 11.5. The number of carbonyl (C=O) groups is 2. The number of piperidine rings is 1. The van der Waals surface area contributed by atoms with Gasteiger partial charge in [-0.1, -0.05) is 18.2 Å². The predicted octanol–water partition coefficient (Wildman–Crippen LogP) is 2.02. The molecule has 1 N–H and O–H groups in total. The van der Waals surface area contributed by atoms with Crippen LogP contribution in [0, 0.1) is 0 Å². The van der Waals surface area contributed by atoms with Crippen molar-refractivity contribution >= 4 is 32.9 Å². The minimum atomic E-state index is -3.24. The molecule has 6 rings (SSSR count). The van der Waals surface area contributed by atoms with E-state index in [0.29, 0.717) is 38.2 Å². The molecule has 1 saturated carbocycles. The largest absolute Gasteiger partial charge is 0.449 e. The molecule has 1 aromatic heterocycles. The average Bonchev–Trinajstić information content (AvgIpc) is 2.91. The first-order chi connectivity index (χ1) is 19.0. The molecular formula is C28H39N5O6S. The Hall–Kier alpha value is -2.96. The van der Waals surface area contributed by atoms with Crippen molar-refractivity contribution in [3.8, 4) is 0 Å². The van der Waals surface area contributed by atoms with Crippen LogP contribution in [0.15, 0.2) is 35.1 Å². The molecule has 4 heterocycles. The van der Waals surface area contributed by atoms with E-state index in [1.807, 2.05) is 38.1 Å². The lowest BCUT2D eigenvalue weighted by molar-refractivity contribution is -0.0430. The smallest absolute Gasteiger partial charge is 0.409 e. The fourth-order valence-corrected chi connectivity index (χ4v) is 7.19. The summed E-state index contributed by atoms with van der Waals surface area (Å²) in [5.74, 6) is -0.313. The van der Waals surface area contributed by atoms with Gasteiger partial charge in [-0.15, -0.1) is 0 Å². The third-order valence-corrected chi connectivity index (χ3v) is 9.69. The van der Waals surface area contributed by atoms with Crippen molar-refractivity contribution in [1.29, 1.82) is 0 Å². The van der Waals surface area contributed by atoms with E-state index in [1.54, 1.807) is 15.5 Å². The molecule has 2 atom stereocenters. The zero-order chi connectivity index (χ0) is 28.6. The maximum atomic E-state index is 13.2. The molecule has 4 fully saturated rings. The van der Waals surface area contributed by atoms with E-state index in [9.17, 15) is 22.8 Å². The van der Waals surface area contributed by atoms with Crippen molar-refractivity contribution in [2.24, 2.45) is 0 Å². The zero-order valence-electron chi connectivity index (χ0n) is 23.4. The number of ether oxygens (including phenoxy) is 1. The molecule has 3 aliphatic heterocycles. The highest BCUT2D eigenvalue weighted by Gasteiger charge is 2.45. The monoisotopic (exact) mass is 573 g/mol. The third-order valence-electron chi connectivity index (χ3n) is 8.39. The van der Waals surface area contributed by atoms with Gasteiger partial charge >= 0.3 is 6.09 Å². The number of nitrogens with one attached hydrogen (secondary N) is 1. The molecule has 2 unspecified atom stereocenters. The highest BCUT2D eigenvalue weighted by Crippen LogP contribution is 2.38. The van der Waals surface area contributed by atoms with Gasteiger partial charge < -0.3 is 19.5 Å². The summed E-state index contributed by atoms with van der Waals surface area (Å²) in [6.07, 6.45) is 4.25. The van der Waals surface area contributed by atoms with Gasteiger partial charge in [-0.05, 0) is 57.0 Å². The van der Waals surface area contributed by atoms with Crippen molar-refractivity contribution in [3.05, 3.63) is 46.2 Å². The maximum absolute atomic E-state index is 13.2. The fourth-order valence-electron chi connectivity index (χ4n) is 6.37. The Bertz CT molecular complexity index is 1420. The fraction of sp³-hybridized carbons (Fsp3) is 0.607. The van der Waals surface area contributed by atoms with Crippen LogP contribution in [0.3, 0.4) is 0 Å². The van der Waals surface area contributed by atoms with Crippen LogP contribution in [0.5, 0.6) is 0 Å². The number of amides is 2. The number of pyridine rings is 1. The molecule has 218 valence electrons. The van der Waals surface area contributed by atoms with Crippen molar-refractivity contribution in [2.45, 2.75) is 63.7 Å². The van der Waals surface area contributed by atoms with Gasteiger partial charge in [-0.2, -0.15) is 4.31 Å². The van der Waals surface area contributed by atoms with Gasteiger partial charge in [-0.25, -0.2) is 13.2 Å². The Labute approximate surface area is 235 Å². The topological polar surface area (TPSA) is 121 Å². The van der Waals surface area contributed by atoms with Crippen LogP contribution in [0.2, 0.25) is 0 Å². The van der Waals surface area contributed by atoms with Gasteiger partial charge in [-0.3, -0.25) is 14.5 Å². The highest BCUT2D eigenvalue weighted by atomic mass is 32.2. The number of hydrogen-bond acceptors (Lipinski definition) is 7. The van der Waals surface area contributed by atoms with Crippen molar-refractivity contribution in [1.82, 2.24) is 24.0 Å². The normalized spacial score (nSPS) is 23.7. The molecule has 0 radical (unpaired) electrons. The van der Waals surface area contributed by atoms with Crippen LogP contribution in [-0.4, -0.2) is 103 Å². The van der Waals surface area contributed by atoms with Crippen LogP contribution in [0.1, 0.15) is 55.9 Å². The summed E-state index contributed by atoms with van der Waals surface area (Å²) in [5, 5.41) is 4.00. The molecule has 2 bridgehead atoms. The summed E-state index contributed by atoms with van der Waals surface area (Å²) in [6, 6.07) is 10.0. The molecule has 3 saturated heterocycles. The molecule has 0 spiro atoms. The number of benzene rings is 1. The van der Waals surface area contributed by atoms with E-state index in [2.05, 4.69) is 10.2 Å². The molecule has 2 amide bonds. The SMILES string of the molecule is CC(C)n1c(=O)c(C(=O)NC2CC3CC(C2)N3CCCOC(=O)N2CCN(S(C)(=O)=O)CC2)cc2ccccc21. The number of nitrogens with zero attached hydrogens (tertiary/aromatic N) is 4. The van der Waals surface area contributed by atoms with Gasteiger partial charge in [0.1, 0.15) is 5.56 Å². The van der Waals surface area contributed by atoms with Crippen LogP contribution < -0.4 is 10.9 Å². The van der Waals surface area contributed by atoms with E-state index in [4.69, 9.17) is 4.74 Å². The summed E-state index contributed by atoms with van der Waals surface area (Å²) < 4.78 is 31.8. The van der Waals surface area contributed by atoms with Crippen molar-refractivity contribution in [2.75, 3.05) is 45.6 Å². The summed E-state index contributed by atoms with van der Waals surface area (Å²) in [5.41, 5.74) is 0.748. The number of hydrogen-bond donors (Lipinski definition) is 1. The maximum Gasteiger partial charge on any atom is 0.409 e. The first-order valence-corrected chi connectivity index (χ1v) is 16.0. The number of fused-ring (bicyclic) bond motifs is 3. The number of sulfonamides is 1. The first-order valence-electron chi connectivity index (χ1n) is 14.1. The van der Waals surface area contributed by atoms with E-state index < -0.39 is 16.1 Å². The molecule has 1 aromatic carbocycles. The molecule has 12 heteroatoms. The number of piperazine rings is 1. The molecule has 4 aliphatic rings. The van der Waals surface area contributed by atoms with E-state index in [1.165, 1.54) is 10.6 Å². The Morgan fingerprint density at radius 3 is 2.38 bits per heavy atom. The Kier molecular flexibility index (Phi) is 8.21. The molecule has 2 aromatic rings. The first kappa shape index (κ1) is 28.6. The van der Waals surface area contributed by atoms with Gasteiger partial charge in [0.2, 0.25) is 10.0 Å². The lowest BCUT2D eigenvalue weighted by Crippen LogP contribution is -2.64. The van der Waals surface area contributed by atoms with Gasteiger partial charge in [0.15, 0.2) is 0 Å². The summed E-state index contributed by atoms with van der Waals surface area (Å²) in [4.78, 5) is 42.7. The quantitative estimate of drug-likeness (QED) is 0.480. The van der Waals surface area contributed by atoms with Gasteiger partial charge in [0, 0.05) is 56.9 Å². The molecule has 1 aliphatic carbocycles. The molecule has 40 heavy (non-hydrogen) atoms. The second-order valence-corrected chi connectivity index (χ2v) is 13.4. The standard InChI is InChI=1S/C28H39N5O6S/c1-19(2)33-25-8-5-4-7-20(25)15-24(27(33)35)26(34)29-21-16-22-18-23(17-21)32(22)9-6-14-39-28(36)30-10-12-31(13-11-30)40(3,37)38/h4-5,7-8,15,19,21-23H,6,9-14,16-18H2,1-3H3,(H,29,34). The Balaban J connectivity index is 1.08. The molecule has 11 nitrogen and oxygen atoms in total. The van der Waals surface area contributed by atoms with E-state index >= 15 is 0 Å². The van der Waals surface area contributed by atoms with Crippen LogP contribution in [-0.2, 0) is 14.8 Å². The second-order valence-electron chi connectivity index (χ2n) is 11.4. The number of aromatic nitrogens is 1. The number of carbonyl (C=O) groups excluding carboxylic acids is 2. The zero-order valence-corrected chi connectivity index (χ0v) is 24.2. The summed E-state index contributed by atoms with van der Waals surface area (Å²) >= 11 is 0. The minimum absolute atomic E-state index is 0.0225. The number of rotatable bonds is 8. The van der Waals surface area contributed by atoms with Crippen molar-refractivity contribution in [3.63, 3.8) is 0 Å². The lowest BCUT2D eigenvalue weighted by atomic mass is 9.76. The Morgan fingerprint density at radius 2 is 1.73 bits per heavy atom. The van der Waals surface area contributed by atoms with E-state index in [-0.39, 0.29) is 42.2 Å². The predicted molar refractivity (Wildman–Crippen MR) is 152 cm³/mol. The Morgan fingerprint density at radius 1 is 1.05 bits per heavy atom. The average molecular weight is 574 g/mol. The number of para-hydroxylation sites is 1. The minimum Gasteiger partial charge on any atom is -0.449 e. The summed E-state index contributed by atoms with van der Waals surface area (Å²) in [6.45, 7) is 6.26. The third kappa shape index (κ3) is 5.89. The van der Waals surface area contributed by atoms with E-state index in [0.717, 1.165) is 36.7 Å². The van der Waals surface area contributed by atoms with Gasteiger partial charge in [0.05, 0.1) is 18.4 Å².